The van der Waals surface area contributed by atoms with Crippen LogP contribution in [0, 0.1) is 12.7 Å². The predicted molar refractivity (Wildman–Crippen MR) is 53.5 cm³/mol. The second-order valence-electron chi connectivity index (χ2n) is 3.37. The van der Waals surface area contributed by atoms with Crippen molar-refractivity contribution in [2.75, 3.05) is 0 Å². The first-order chi connectivity index (χ1) is 6.00. The van der Waals surface area contributed by atoms with Crippen molar-refractivity contribution in [3.63, 3.8) is 0 Å². The van der Waals surface area contributed by atoms with Gasteiger partial charge in [0.05, 0.1) is 0 Å². The highest BCUT2D eigenvalue weighted by Crippen LogP contribution is 2.21. The first kappa shape index (κ1) is 10.5. The molecule has 1 atom stereocenters. The molecule has 0 amide bonds. The van der Waals surface area contributed by atoms with Gasteiger partial charge in [0.2, 0.25) is 0 Å². The van der Waals surface area contributed by atoms with Gasteiger partial charge in [0, 0.05) is 11.1 Å². The van der Waals surface area contributed by atoms with Gasteiger partial charge in [-0.05, 0) is 43.5 Å². The van der Waals surface area contributed by atoms with Crippen LogP contribution in [0.3, 0.4) is 0 Å². The first-order valence-electron chi connectivity index (χ1n) is 4.21. The second kappa shape index (κ2) is 4.07. The molecule has 13 heavy (non-hydrogen) atoms. The highest BCUT2D eigenvalue weighted by atomic mass is 35.5. The summed E-state index contributed by atoms with van der Waals surface area (Å²) in [5.41, 5.74) is 6.95. The molecular weight excluding hydrogens is 189 g/mol. The van der Waals surface area contributed by atoms with Crippen LogP contribution in [-0.4, -0.2) is 6.04 Å². The zero-order chi connectivity index (χ0) is 10.0. The summed E-state index contributed by atoms with van der Waals surface area (Å²) in [6, 6.07) is 3.09. The monoisotopic (exact) mass is 201 g/mol. The molecule has 0 aliphatic heterocycles. The van der Waals surface area contributed by atoms with E-state index in [0.29, 0.717) is 17.0 Å². The van der Waals surface area contributed by atoms with E-state index < -0.39 is 0 Å². The Bertz CT molecular complexity index is 310. The summed E-state index contributed by atoms with van der Waals surface area (Å²) in [5.74, 6) is -0.222. The van der Waals surface area contributed by atoms with E-state index in [1.807, 2.05) is 6.92 Å². The van der Waals surface area contributed by atoms with Gasteiger partial charge in [-0.1, -0.05) is 11.6 Å². The van der Waals surface area contributed by atoms with E-state index in [0.717, 1.165) is 5.56 Å². The Hall–Kier alpha value is -0.600. The second-order valence-corrected chi connectivity index (χ2v) is 3.78. The summed E-state index contributed by atoms with van der Waals surface area (Å²) in [6.07, 6.45) is 0.607. The van der Waals surface area contributed by atoms with Gasteiger partial charge in [0.15, 0.2) is 0 Å². The van der Waals surface area contributed by atoms with Crippen LogP contribution in [-0.2, 0) is 6.42 Å². The predicted octanol–water partition coefficient (Wildman–Crippen LogP) is 2.68. The maximum Gasteiger partial charge on any atom is 0.126 e. The molecule has 0 saturated heterocycles. The molecule has 2 N–H and O–H groups in total. The van der Waals surface area contributed by atoms with Crippen LogP contribution < -0.4 is 5.73 Å². The summed E-state index contributed by atoms with van der Waals surface area (Å²) in [7, 11) is 0. The van der Waals surface area contributed by atoms with Crippen LogP contribution >= 0.6 is 11.6 Å². The van der Waals surface area contributed by atoms with E-state index in [2.05, 4.69) is 0 Å². The van der Waals surface area contributed by atoms with Crippen molar-refractivity contribution in [1.29, 1.82) is 0 Å². The maximum absolute atomic E-state index is 13.1. The highest BCUT2D eigenvalue weighted by molar-refractivity contribution is 6.31. The van der Waals surface area contributed by atoms with Crippen molar-refractivity contribution >= 4 is 11.6 Å². The number of aryl methyl sites for hydroxylation is 1. The largest absolute Gasteiger partial charge is 0.328 e. The molecule has 1 rings (SSSR count). The Morgan fingerprint density at radius 1 is 1.54 bits per heavy atom. The minimum absolute atomic E-state index is 0.000365. The lowest BCUT2D eigenvalue weighted by Crippen LogP contribution is -2.18. The zero-order valence-corrected chi connectivity index (χ0v) is 8.53. The van der Waals surface area contributed by atoms with Crippen LogP contribution in [0.5, 0.6) is 0 Å². The Labute approximate surface area is 82.7 Å². The van der Waals surface area contributed by atoms with E-state index in [1.165, 1.54) is 6.07 Å². The lowest BCUT2D eigenvalue weighted by Gasteiger charge is -2.08. The van der Waals surface area contributed by atoms with E-state index in [-0.39, 0.29) is 11.9 Å². The van der Waals surface area contributed by atoms with Gasteiger partial charge in [-0.2, -0.15) is 0 Å². The molecule has 0 heterocycles. The molecule has 0 spiro atoms. The molecule has 0 radical (unpaired) electrons. The summed E-state index contributed by atoms with van der Waals surface area (Å²) in [5, 5.41) is 0.594. The summed E-state index contributed by atoms with van der Waals surface area (Å²) < 4.78 is 13.1. The fraction of sp³-hybridized carbons (Fsp3) is 0.400. The summed E-state index contributed by atoms with van der Waals surface area (Å²) in [6.45, 7) is 3.56. The van der Waals surface area contributed by atoms with Crippen molar-refractivity contribution in [2.24, 2.45) is 5.73 Å². The third-order valence-corrected chi connectivity index (χ3v) is 2.22. The fourth-order valence-electron chi connectivity index (χ4n) is 1.19. The average molecular weight is 202 g/mol. The van der Waals surface area contributed by atoms with Crippen molar-refractivity contribution in [2.45, 2.75) is 26.3 Å². The van der Waals surface area contributed by atoms with Crippen molar-refractivity contribution in [3.05, 3.63) is 34.1 Å². The molecule has 0 aromatic heterocycles. The highest BCUT2D eigenvalue weighted by Gasteiger charge is 2.07. The smallest absolute Gasteiger partial charge is 0.126 e. The van der Waals surface area contributed by atoms with E-state index in [4.69, 9.17) is 17.3 Å². The third-order valence-electron chi connectivity index (χ3n) is 1.87. The minimum Gasteiger partial charge on any atom is -0.328 e. The zero-order valence-electron chi connectivity index (χ0n) is 7.77. The number of halogens is 2. The summed E-state index contributed by atoms with van der Waals surface area (Å²) >= 11 is 5.92. The minimum atomic E-state index is -0.222. The molecule has 1 aromatic carbocycles. The molecule has 0 bridgehead atoms. The molecule has 0 aliphatic rings. The molecule has 0 saturated carbocycles. The van der Waals surface area contributed by atoms with Crippen molar-refractivity contribution < 1.29 is 4.39 Å². The quantitative estimate of drug-likeness (QED) is 0.783. The Morgan fingerprint density at radius 3 is 2.69 bits per heavy atom. The number of hydrogen-bond donors (Lipinski definition) is 1. The Kier molecular flexibility index (Phi) is 3.28. The third kappa shape index (κ3) is 2.68. The van der Waals surface area contributed by atoms with Gasteiger partial charge in [-0.15, -0.1) is 0 Å². The topological polar surface area (TPSA) is 26.0 Å². The van der Waals surface area contributed by atoms with Crippen LogP contribution in [0.2, 0.25) is 5.02 Å². The van der Waals surface area contributed by atoms with E-state index in [9.17, 15) is 4.39 Å². The SMILES string of the molecule is Cc1cc(Cl)c(CC(C)N)cc1F. The number of benzene rings is 1. The fourth-order valence-corrected chi connectivity index (χ4v) is 1.49. The van der Waals surface area contributed by atoms with Gasteiger partial charge in [-0.25, -0.2) is 4.39 Å². The molecular formula is C10H13ClFN. The van der Waals surface area contributed by atoms with Crippen molar-refractivity contribution in [1.82, 2.24) is 0 Å². The maximum atomic E-state index is 13.1. The number of nitrogens with two attached hydrogens (primary N) is 1. The summed E-state index contributed by atoms with van der Waals surface area (Å²) in [4.78, 5) is 0. The first-order valence-corrected chi connectivity index (χ1v) is 4.58. The molecule has 3 heteroatoms. The van der Waals surface area contributed by atoms with Gasteiger partial charge in [0.25, 0.3) is 0 Å². The van der Waals surface area contributed by atoms with Crippen LogP contribution in [0.1, 0.15) is 18.1 Å². The van der Waals surface area contributed by atoms with Gasteiger partial charge in [0.1, 0.15) is 5.82 Å². The molecule has 0 fully saturated rings. The molecule has 1 aromatic rings. The van der Waals surface area contributed by atoms with Crippen LogP contribution in [0.4, 0.5) is 4.39 Å². The van der Waals surface area contributed by atoms with Gasteiger partial charge < -0.3 is 5.73 Å². The molecule has 1 unspecified atom stereocenters. The van der Waals surface area contributed by atoms with Gasteiger partial charge in [-0.3, -0.25) is 0 Å². The Balaban J connectivity index is 3.01. The Morgan fingerprint density at radius 2 is 2.15 bits per heavy atom. The lowest BCUT2D eigenvalue weighted by molar-refractivity contribution is 0.613. The molecule has 0 aliphatic carbocycles. The molecule has 1 nitrogen and oxygen atoms in total. The van der Waals surface area contributed by atoms with E-state index >= 15 is 0 Å². The lowest BCUT2D eigenvalue weighted by atomic mass is 10.1. The van der Waals surface area contributed by atoms with Crippen LogP contribution in [0.25, 0.3) is 0 Å². The van der Waals surface area contributed by atoms with Gasteiger partial charge >= 0.3 is 0 Å². The number of hydrogen-bond acceptors (Lipinski definition) is 1. The van der Waals surface area contributed by atoms with Crippen molar-refractivity contribution in [3.8, 4) is 0 Å². The normalized spacial score (nSPS) is 13.0. The number of rotatable bonds is 2. The standard InChI is InChI=1S/C10H13ClFN/c1-6-3-9(11)8(4-7(2)13)5-10(6)12/h3,5,7H,4,13H2,1-2H3. The van der Waals surface area contributed by atoms with Crippen LogP contribution in [0.15, 0.2) is 12.1 Å². The van der Waals surface area contributed by atoms with E-state index in [1.54, 1.807) is 13.0 Å². The average Bonchev–Trinajstić information content (AvgIpc) is 1.99. The molecule has 72 valence electrons.